The van der Waals surface area contributed by atoms with Gasteiger partial charge in [0.1, 0.15) is 5.82 Å². The summed E-state index contributed by atoms with van der Waals surface area (Å²) in [6.07, 6.45) is 6.35. The summed E-state index contributed by atoms with van der Waals surface area (Å²) in [6, 6.07) is 4.85. The third kappa shape index (κ3) is 4.12. The Kier molecular flexibility index (Phi) is 5.58. The molecule has 1 aliphatic rings. The second-order valence-electron chi connectivity index (χ2n) is 6.95. The predicted molar refractivity (Wildman–Crippen MR) is 96.0 cm³/mol. The van der Waals surface area contributed by atoms with Crippen molar-refractivity contribution in [2.75, 3.05) is 20.2 Å². The molecule has 1 heterocycles. The van der Waals surface area contributed by atoms with E-state index in [-0.39, 0.29) is 24.5 Å². The van der Waals surface area contributed by atoms with Crippen molar-refractivity contribution < 1.29 is 14.3 Å². The summed E-state index contributed by atoms with van der Waals surface area (Å²) < 4.78 is 13.4. The van der Waals surface area contributed by atoms with Gasteiger partial charge in [-0.05, 0) is 61.8 Å². The number of benzene rings is 1. The van der Waals surface area contributed by atoms with Gasteiger partial charge in [-0.15, -0.1) is 0 Å². The van der Waals surface area contributed by atoms with Crippen LogP contribution in [0.25, 0.3) is 10.9 Å². The number of carbonyl (C=O) groups excluding carboxylic acids is 1. The smallest absolute Gasteiger partial charge is 0.317 e. The predicted octanol–water partition coefficient (Wildman–Crippen LogP) is 3.04. The molecule has 0 aliphatic heterocycles. The number of halogens is 1. The monoisotopic (exact) mass is 347 g/mol. The maximum absolute atomic E-state index is 13.4. The number of urea groups is 1. The molecule has 0 unspecified atom stereocenters. The molecular formula is C19H26FN3O2. The Balaban J connectivity index is 1.49. The van der Waals surface area contributed by atoms with Gasteiger partial charge in [0.2, 0.25) is 0 Å². The van der Waals surface area contributed by atoms with E-state index >= 15 is 0 Å². The molecule has 6 heteroatoms. The number of aliphatic hydroxyl groups excluding tert-OH is 1. The lowest BCUT2D eigenvalue weighted by Crippen LogP contribution is -2.45. The summed E-state index contributed by atoms with van der Waals surface area (Å²) in [5.74, 6) is 0.130. The van der Waals surface area contributed by atoms with Crippen LogP contribution in [0.5, 0.6) is 0 Å². The van der Waals surface area contributed by atoms with E-state index in [1.165, 1.54) is 12.1 Å². The van der Waals surface area contributed by atoms with E-state index in [9.17, 15) is 14.3 Å². The summed E-state index contributed by atoms with van der Waals surface area (Å²) in [7, 11) is 1.83. The molecule has 2 aromatic rings. The summed E-state index contributed by atoms with van der Waals surface area (Å²) in [5, 5.41) is 13.0. The average molecular weight is 347 g/mol. The summed E-state index contributed by atoms with van der Waals surface area (Å²) in [4.78, 5) is 17.2. The van der Waals surface area contributed by atoms with E-state index in [1.54, 1.807) is 11.0 Å². The number of amides is 2. The van der Waals surface area contributed by atoms with Gasteiger partial charge >= 0.3 is 6.03 Å². The first-order valence-electron chi connectivity index (χ1n) is 8.95. The van der Waals surface area contributed by atoms with Crippen molar-refractivity contribution in [2.24, 2.45) is 5.92 Å². The standard InChI is InChI=1S/C19H26FN3O2/c1-23(16-5-2-13(12-24)3-6-16)19(25)21-9-8-14-11-22-18-7-4-15(20)10-17(14)18/h4,7,10-11,13,16,22,24H,2-3,5-6,8-9,12H2,1H3,(H,21,25). The minimum absolute atomic E-state index is 0.0709. The van der Waals surface area contributed by atoms with E-state index in [4.69, 9.17) is 0 Å². The zero-order valence-electron chi connectivity index (χ0n) is 14.6. The van der Waals surface area contributed by atoms with Crippen molar-refractivity contribution in [3.05, 3.63) is 35.8 Å². The quantitative estimate of drug-likeness (QED) is 0.778. The molecule has 0 radical (unpaired) electrons. The van der Waals surface area contributed by atoms with Gasteiger partial charge in [-0.3, -0.25) is 0 Å². The number of aliphatic hydroxyl groups is 1. The number of aromatic amines is 1. The van der Waals surface area contributed by atoms with Crippen LogP contribution in [0, 0.1) is 11.7 Å². The Labute approximate surface area is 147 Å². The molecule has 2 amide bonds. The van der Waals surface area contributed by atoms with E-state index in [1.807, 2.05) is 13.2 Å². The van der Waals surface area contributed by atoms with Gasteiger partial charge in [-0.2, -0.15) is 0 Å². The van der Waals surface area contributed by atoms with Crippen molar-refractivity contribution in [3.63, 3.8) is 0 Å². The normalized spacial score (nSPS) is 20.6. The highest BCUT2D eigenvalue weighted by Crippen LogP contribution is 2.26. The van der Waals surface area contributed by atoms with E-state index in [2.05, 4.69) is 10.3 Å². The third-order valence-electron chi connectivity index (χ3n) is 5.34. The molecule has 25 heavy (non-hydrogen) atoms. The molecule has 1 aromatic carbocycles. The Hall–Kier alpha value is -2.08. The number of aromatic nitrogens is 1. The first-order chi connectivity index (χ1) is 12.1. The molecular weight excluding hydrogens is 321 g/mol. The lowest BCUT2D eigenvalue weighted by atomic mass is 9.86. The van der Waals surface area contributed by atoms with Crippen LogP contribution >= 0.6 is 0 Å². The number of rotatable bonds is 5. The number of fused-ring (bicyclic) bond motifs is 1. The van der Waals surface area contributed by atoms with Crippen molar-refractivity contribution in [1.82, 2.24) is 15.2 Å². The van der Waals surface area contributed by atoms with Crippen LogP contribution in [0.2, 0.25) is 0 Å². The van der Waals surface area contributed by atoms with Crippen molar-refractivity contribution in [2.45, 2.75) is 38.1 Å². The fourth-order valence-electron chi connectivity index (χ4n) is 3.67. The van der Waals surface area contributed by atoms with Crippen molar-refractivity contribution in [3.8, 4) is 0 Å². The van der Waals surface area contributed by atoms with Crippen LogP contribution in [0.15, 0.2) is 24.4 Å². The lowest BCUT2D eigenvalue weighted by Gasteiger charge is -2.34. The highest BCUT2D eigenvalue weighted by atomic mass is 19.1. The SMILES string of the molecule is CN(C(=O)NCCc1c[nH]c2ccc(F)cc12)C1CCC(CO)CC1. The number of hydrogen-bond donors (Lipinski definition) is 3. The van der Waals surface area contributed by atoms with Gasteiger partial charge in [-0.1, -0.05) is 0 Å². The molecule has 0 bridgehead atoms. The van der Waals surface area contributed by atoms with E-state index in [0.717, 1.165) is 42.1 Å². The first-order valence-corrected chi connectivity index (χ1v) is 8.95. The fraction of sp³-hybridized carbons (Fsp3) is 0.526. The second-order valence-corrected chi connectivity index (χ2v) is 6.95. The van der Waals surface area contributed by atoms with Gasteiger partial charge < -0.3 is 20.3 Å². The highest BCUT2D eigenvalue weighted by Gasteiger charge is 2.26. The Morgan fingerprint density at radius 1 is 1.36 bits per heavy atom. The first kappa shape index (κ1) is 17.7. The molecule has 5 nitrogen and oxygen atoms in total. The molecule has 136 valence electrons. The highest BCUT2D eigenvalue weighted by molar-refractivity contribution is 5.83. The van der Waals surface area contributed by atoms with Gasteiger partial charge in [0.05, 0.1) is 0 Å². The van der Waals surface area contributed by atoms with Crippen LogP contribution < -0.4 is 5.32 Å². The van der Waals surface area contributed by atoms with Crippen LogP contribution in [-0.4, -0.2) is 47.3 Å². The zero-order chi connectivity index (χ0) is 17.8. The maximum Gasteiger partial charge on any atom is 0.317 e. The van der Waals surface area contributed by atoms with E-state index < -0.39 is 0 Å². The van der Waals surface area contributed by atoms with Crippen LogP contribution in [0.1, 0.15) is 31.2 Å². The minimum Gasteiger partial charge on any atom is -0.396 e. The largest absolute Gasteiger partial charge is 0.396 e. The van der Waals surface area contributed by atoms with Gasteiger partial charge in [-0.25, -0.2) is 9.18 Å². The molecule has 1 aliphatic carbocycles. The fourth-order valence-corrected chi connectivity index (χ4v) is 3.67. The second kappa shape index (κ2) is 7.87. The van der Waals surface area contributed by atoms with Crippen molar-refractivity contribution >= 4 is 16.9 Å². The zero-order valence-corrected chi connectivity index (χ0v) is 14.6. The summed E-state index contributed by atoms with van der Waals surface area (Å²) >= 11 is 0. The average Bonchev–Trinajstić information content (AvgIpc) is 3.03. The maximum atomic E-state index is 13.4. The number of carbonyl (C=O) groups is 1. The number of nitrogens with zero attached hydrogens (tertiary/aromatic N) is 1. The molecule has 0 saturated heterocycles. The van der Waals surface area contributed by atoms with Gasteiger partial charge in [0.15, 0.2) is 0 Å². The van der Waals surface area contributed by atoms with Crippen LogP contribution in [0.3, 0.4) is 0 Å². The Bertz CT molecular complexity index is 723. The molecule has 1 fully saturated rings. The molecule has 0 spiro atoms. The number of hydrogen-bond acceptors (Lipinski definition) is 2. The number of H-pyrrole nitrogens is 1. The van der Waals surface area contributed by atoms with Gasteiger partial charge in [0.25, 0.3) is 0 Å². The molecule has 3 rings (SSSR count). The molecule has 1 saturated carbocycles. The molecule has 1 aromatic heterocycles. The lowest BCUT2D eigenvalue weighted by molar-refractivity contribution is 0.134. The molecule has 0 atom stereocenters. The molecule has 3 N–H and O–H groups in total. The van der Waals surface area contributed by atoms with Crippen molar-refractivity contribution in [1.29, 1.82) is 0 Å². The minimum atomic E-state index is -0.254. The number of nitrogens with one attached hydrogen (secondary N) is 2. The van der Waals surface area contributed by atoms with Gasteiger partial charge in [0, 0.05) is 43.3 Å². The third-order valence-corrected chi connectivity index (χ3v) is 5.34. The van der Waals surface area contributed by atoms with E-state index in [0.29, 0.717) is 18.9 Å². The van der Waals surface area contributed by atoms with Crippen LogP contribution in [0.4, 0.5) is 9.18 Å². The topological polar surface area (TPSA) is 68.4 Å². The Morgan fingerprint density at radius 3 is 2.84 bits per heavy atom. The summed E-state index contributed by atoms with van der Waals surface area (Å²) in [6.45, 7) is 0.756. The van der Waals surface area contributed by atoms with Crippen LogP contribution in [-0.2, 0) is 6.42 Å². The summed E-state index contributed by atoms with van der Waals surface area (Å²) in [5.41, 5.74) is 1.90. The Morgan fingerprint density at radius 2 is 2.12 bits per heavy atom.